The Balaban J connectivity index is 2.68. The molecule has 90 valence electrons. The minimum absolute atomic E-state index is 0.0833. The summed E-state index contributed by atoms with van der Waals surface area (Å²) in [5.41, 5.74) is 8.64. The fourth-order valence-corrected chi connectivity index (χ4v) is 1.59. The number of ether oxygens (including phenoxy) is 1. The predicted molar refractivity (Wildman–Crippen MR) is 66.6 cm³/mol. The fourth-order valence-electron chi connectivity index (χ4n) is 1.59. The lowest BCUT2D eigenvalue weighted by Gasteiger charge is -2.19. The van der Waals surface area contributed by atoms with Crippen molar-refractivity contribution in [3.05, 3.63) is 23.8 Å². The van der Waals surface area contributed by atoms with Crippen LogP contribution in [0.4, 0.5) is 11.4 Å². The molecule has 1 atom stereocenters. The van der Waals surface area contributed by atoms with Gasteiger partial charge in [0.2, 0.25) is 0 Å². The largest absolute Gasteiger partial charge is 0.397 e. The quantitative estimate of drug-likeness (QED) is 0.639. The van der Waals surface area contributed by atoms with Crippen molar-refractivity contribution in [1.29, 1.82) is 0 Å². The minimum Gasteiger partial charge on any atom is -0.397 e. The third kappa shape index (κ3) is 3.72. The number of nitrogen functional groups attached to an aromatic ring is 1. The molecule has 1 rings (SSSR count). The molecule has 0 radical (unpaired) electrons. The van der Waals surface area contributed by atoms with Crippen molar-refractivity contribution in [2.75, 3.05) is 31.4 Å². The van der Waals surface area contributed by atoms with Crippen LogP contribution in [0.25, 0.3) is 0 Å². The van der Waals surface area contributed by atoms with Crippen LogP contribution in [0.5, 0.6) is 0 Å². The van der Waals surface area contributed by atoms with Crippen molar-refractivity contribution in [3.63, 3.8) is 0 Å². The van der Waals surface area contributed by atoms with E-state index in [4.69, 9.17) is 15.6 Å². The Kier molecular flexibility index (Phi) is 5.08. The summed E-state index contributed by atoms with van der Waals surface area (Å²) < 4.78 is 5.08. The summed E-state index contributed by atoms with van der Waals surface area (Å²) in [5, 5.41) is 12.2. The highest BCUT2D eigenvalue weighted by Gasteiger charge is 2.09. The summed E-state index contributed by atoms with van der Waals surface area (Å²) in [5.74, 6) is 0. The van der Waals surface area contributed by atoms with Gasteiger partial charge in [-0.2, -0.15) is 0 Å². The van der Waals surface area contributed by atoms with Gasteiger partial charge in [-0.05, 0) is 31.0 Å². The molecule has 0 bridgehead atoms. The molecule has 4 N–H and O–H groups in total. The van der Waals surface area contributed by atoms with Crippen LogP contribution in [0.3, 0.4) is 0 Å². The Morgan fingerprint density at radius 3 is 2.81 bits per heavy atom. The van der Waals surface area contributed by atoms with Gasteiger partial charge in [-0.3, -0.25) is 0 Å². The smallest absolute Gasteiger partial charge is 0.0664 e. The molecule has 0 heterocycles. The van der Waals surface area contributed by atoms with Crippen LogP contribution in [-0.2, 0) is 4.74 Å². The number of rotatable bonds is 6. The van der Waals surface area contributed by atoms with Crippen molar-refractivity contribution in [3.8, 4) is 0 Å². The Hall–Kier alpha value is -1.26. The summed E-state index contributed by atoms with van der Waals surface area (Å²) in [6, 6.07) is 5.96. The summed E-state index contributed by atoms with van der Waals surface area (Å²) in [6.45, 7) is 2.68. The van der Waals surface area contributed by atoms with Crippen LogP contribution in [-0.4, -0.2) is 31.5 Å². The molecule has 4 nitrogen and oxygen atoms in total. The van der Waals surface area contributed by atoms with Crippen LogP contribution >= 0.6 is 0 Å². The van der Waals surface area contributed by atoms with E-state index in [1.807, 2.05) is 25.1 Å². The molecule has 0 fully saturated rings. The van der Waals surface area contributed by atoms with E-state index in [0.29, 0.717) is 13.0 Å². The highest BCUT2D eigenvalue weighted by atomic mass is 16.5. The predicted octanol–water partition coefficient (Wildman–Crippen LogP) is 1.39. The van der Waals surface area contributed by atoms with Gasteiger partial charge in [0.1, 0.15) is 0 Å². The summed E-state index contributed by atoms with van der Waals surface area (Å²) in [7, 11) is 1.64. The number of hydrogen-bond donors (Lipinski definition) is 3. The van der Waals surface area contributed by atoms with Crippen molar-refractivity contribution < 1.29 is 9.84 Å². The van der Waals surface area contributed by atoms with Gasteiger partial charge in [-0.15, -0.1) is 0 Å². The summed E-state index contributed by atoms with van der Waals surface area (Å²) in [4.78, 5) is 0. The lowest BCUT2D eigenvalue weighted by molar-refractivity contribution is 0.170. The van der Waals surface area contributed by atoms with E-state index in [-0.39, 0.29) is 12.6 Å². The zero-order valence-electron chi connectivity index (χ0n) is 9.86. The molecule has 1 unspecified atom stereocenters. The van der Waals surface area contributed by atoms with Gasteiger partial charge < -0.3 is 20.9 Å². The molecule has 1 aromatic carbocycles. The van der Waals surface area contributed by atoms with E-state index < -0.39 is 0 Å². The Morgan fingerprint density at radius 2 is 2.25 bits per heavy atom. The van der Waals surface area contributed by atoms with E-state index in [1.54, 1.807) is 7.11 Å². The summed E-state index contributed by atoms with van der Waals surface area (Å²) in [6.07, 6.45) is 0.640. The second-order valence-corrected chi connectivity index (χ2v) is 3.90. The van der Waals surface area contributed by atoms with Gasteiger partial charge in [-0.1, -0.05) is 6.07 Å². The number of nitrogens with two attached hydrogens (primary N) is 1. The molecule has 0 saturated carbocycles. The van der Waals surface area contributed by atoms with Crippen molar-refractivity contribution in [2.45, 2.75) is 19.4 Å². The molecular formula is C12H20N2O2. The van der Waals surface area contributed by atoms with Gasteiger partial charge in [0.25, 0.3) is 0 Å². The first-order valence-electron chi connectivity index (χ1n) is 5.40. The second kappa shape index (κ2) is 6.35. The highest BCUT2D eigenvalue weighted by Crippen LogP contribution is 2.20. The van der Waals surface area contributed by atoms with Crippen LogP contribution in [0.1, 0.15) is 12.0 Å². The van der Waals surface area contributed by atoms with Crippen LogP contribution in [0.15, 0.2) is 18.2 Å². The summed E-state index contributed by atoms with van der Waals surface area (Å²) >= 11 is 0. The number of methoxy groups -OCH3 is 1. The van der Waals surface area contributed by atoms with Crippen molar-refractivity contribution in [2.24, 2.45) is 0 Å². The first kappa shape index (κ1) is 12.8. The average Bonchev–Trinajstić information content (AvgIpc) is 2.23. The molecule has 0 aromatic heterocycles. The maximum absolute atomic E-state index is 8.93. The molecule has 4 heteroatoms. The Labute approximate surface area is 96.4 Å². The molecule has 0 aliphatic rings. The molecule has 0 amide bonds. The monoisotopic (exact) mass is 224 g/mol. The van der Waals surface area contributed by atoms with E-state index >= 15 is 0 Å². The number of nitrogens with one attached hydrogen (secondary N) is 1. The SMILES string of the molecule is COCC(CCO)Nc1ccc(C)cc1N. The van der Waals surface area contributed by atoms with Gasteiger partial charge in [0.15, 0.2) is 0 Å². The zero-order valence-corrected chi connectivity index (χ0v) is 9.86. The normalized spacial score (nSPS) is 12.4. The van der Waals surface area contributed by atoms with Gasteiger partial charge in [0.05, 0.1) is 24.0 Å². The van der Waals surface area contributed by atoms with Crippen LogP contribution in [0.2, 0.25) is 0 Å². The maximum atomic E-state index is 8.93. The second-order valence-electron chi connectivity index (χ2n) is 3.90. The van der Waals surface area contributed by atoms with E-state index in [9.17, 15) is 0 Å². The molecule has 1 aromatic rings. The van der Waals surface area contributed by atoms with Gasteiger partial charge in [-0.25, -0.2) is 0 Å². The van der Waals surface area contributed by atoms with Crippen LogP contribution in [0, 0.1) is 6.92 Å². The van der Waals surface area contributed by atoms with E-state index in [2.05, 4.69) is 5.32 Å². The molecule has 0 saturated heterocycles. The first-order chi connectivity index (χ1) is 7.67. The lowest BCUT2D eigenvalue weighted by Crippen LogP contribution is -2.26. The number of hydrogen-bond acceptors (Lipinski definition) is 4. The Morgan fingerprint density at radius 1 is 1.50 bits per heavy atom. The lowest BCUT2D eigenvalue weighted by atomic mass is 10.1. The number of aliphatic hydroxyl groups is 1. The zero-order chi connectivity index (χ0) is 12.0. The maximum Gasteiger partial charge on any atom is 0.0664 e. The van der Waals surface area contributed by atoms with E-state index in [0.717, 1.165) is 16.9 Å². The first-order valence-corrected chi connectivity index (χ1v) is 5.40. The molecule has 0 aliphatic carbocycles. The van der Waals surface area contributed by atoms with Crippen LogP contribution < -0.4 is 11.1 Å². The number of benzene rings is 1. The third-order valence-electron chi connectivity index (χ3n) is 2.41. The number of aryl methyl sites for hydroxylation is 1. The van der Waals surface area contributed by atoms with Crippen molar-refractivity contribution in [1.82, 2.24) is 0 Å². The topological polar surface area (TPSA) is 67.5 Å². The molecule has 16 heavy (non-hydrogen) atoms. The third-order valence-corrected chi connectivity index (χ3v) is 2.41. The number of anilines is 2. The molecule has 0 spiro atoms. The Bertz CT molecular complexity index is 323. The van der Waals surface area contributed by atoms with Gasteiger partial charge in [0, 0.05) is 13.7 Å². The van der Waals surface area contributed by atoms with E-state index in [1.165, 1.54) is 0 Å². The number of aliphatic hydroxyl groups excluding tert-OH is 1. The minimum atomic E-state index is 0.0833. The average molecular weight is 224 g/mol. The standard InChI is InChI=1S/C12H20N2O2/c1-9-3-4-12(11(13)7-9)14-10(5-6-15)8-16-2/h3-4,7,10,14-15H,5-6,8,13H2,1-2H3. The molecular weight excluding hydrogens is 204 g/mol. The fraction of sp³-hybridized carbons (Fsp3) is 0.500. The highest BCUT2D eigenvalue weighted by molar-refractivity contribution is 5.67. The molecule has 0 aliphatic heterocycles. The van der Waals surface area contributed by atoms with Gasteiger partial charge >= 0.3 is 0 Å². The van der Waals surface area contributed by atoms with Crippen molar-refractivity contribution >= 4 is 11.4 Å².